The van der Waals surface area contributed by atoms with Crippen molar-refractivity contribution in [3.63, 3.8) is 0 Å². The number of methoxy groups -OCH3 is 2. The van der Waals surface area contributed by atoms with E-state index in [0.29, 0.717) is 19.1 Å². The average Bonchev–Trinajstić information content (AvgIpc) is 2.76. The summed E-state index contributed by atoms with van der Waals surface area (Å²) < 4.78 is 24.1. The lowest BCUT2D eigenvalue weighted by Crippen LogP contribution is -2.48. The molecule has 0 radical (unpaired) electrons. The van der Waals surface area contributed by atoms with Crippen LogP contribution in [-0.4, -0.2) is 44.7 Å². The Balaban J connectivity index is 2.09. The Labute approximate surface area is 189 Å². The van der Waals surface area contributed by atoms with Gasteiger partial charge in [0, 0.05) is 20.1 Å². The zero-order chi connectivity index (χ0) is 23.2. The highest BCUT2D eigenvalue weighted by Crippen LogP contribution is 2.40. The number of ether oxygens (including phenoxy) is 4. The SMILES string of the molecule is CCC(C)c1ccc(OCCOC2C(C(C)(C)OC)=CC(C)=CC2C(C)(C)OC)cc1. The molecule has 0 N–H and O–H groups in total. The number of rotatable bonds is 11. The fourth-order valence-electron chi connectivity index (χ4n) is 3.93. The molecule has 0 amide bonds. The molecular formula is C27H42O4. The highest BCUT2D eigenvalue weighted by atomic mass is 16.5. The molecule has 4 heteroatoms. The standard InChI is InChI=1S/C27H42O4/c1-10-20(3)21-11-13-22(14-12-21)30-15-16-31-25-23(26(4,5)28-8)17-19(2)18-24(25)27(6,7)29-9/h11-14,17-18,20,23,25H,10,15-16H2,1-9H3. The summed E-state index contributed by atoms with van der Waals surface area (Å²) in [5.74, 6) is 1.51. The number of allylic oxidation sites excluding steroid dienone is 2. The number of benzene rings is 1. The Morgan fingerprint density at radius 3 is 2.16 bits per heavy atom. The molecular weight excluding hydrogens is 388 g/mol. The van der Waals surface area contributed by atoms with Crippen molar-refractivity contribution in [2.75, 3.05) is 27.4 Å². The largest absolute Gasteiger partial charge is 0.491 e. The van der Waals surface area contributed by atoms with E-state index in [4.69, 9.17) is 18.9 Å². The molecule has 31 heavy (non-hydrogen) atoms. The van der Waals surface area contributed by atoms with E-state index in [1.54, 1.807) is 14.2 Å². The summed E-state index contributed by atoms with van der Waals surface area (Å²) >= 11 is 0. The summed E-state index contributed by atoms with van der Waals surface area (Å²) in [4.78, 5) is 0. The van der Waals surface area contributed by atoms with Gasteiger partial charge in [-0.15, -0.1) is 0 Å². The van der Waals surface area contributed by atoms with Crippen molar-refractivity contribution in [2.45, 2.75) is 78.1 Å². The van der Waals surface area contributed by atoms with Crippen LogP contribution in [0.5, 0.6) is 5.75 Å². The third-order valence-corrected chi connectivity index (χ3v) is 6.70. The monoisotopic (exact) mass is 430 g/mol. The van der Waals surface area contributed by atoms with Crippen LogP contribution >= 0.6 is 0 Å². The van der Waals surface area contributed by atoms with E-state index >= 15 is 0 Å². The summed E-state index contributed by atoms with van der Waals surface area (Å²) in [5.41, 5.74) is 2.86. The first-order valence-corrected chi connectivity index (χ1v) is 11.4. The Kier molecular flexibility index (Phi) is 8.93. The minimum Gasteiger partial charge on any atom is -0.491 e. The van der Waals surface area contributed by atoms with Crippen LogP contribution in [0.15, 0.2) is 47.6 Å². The maximum absolute atomic E-state index is 6.44. The zero-order valence-electron chi connectivity index (χ0n) is 21.0. The lowest BCUT2D eigenvalue weighted by Gasteiger charge is -2.43. The van der Waals surface area contributed by atoms with E-state index in [0.717, 1.165) is 17.7 Å². The molecule has 0 aromatic heterocycles. The number of hydrogen-bond donors (Lipinski definition) is 0. The summed E-state index contributed by atoms with van der Waals surface area (Å²) in [5, 5.41) is 0. The molecule has 0 saturated carbocycles. The Hall–Kier alpha value is -1.62. The average molecular weight is 431 g/mol. The predicted octanol–water partition coefficient (Wildman–Crippen LogP) is 6.32. The Morgan fingerprint density at radius 1 is 0.968 bits per heavy atom. The van der Waals surface area contributed by atoms with E-state index in [1.807, 2.05) is 12.1 Å². The molecule has 0 bridgehead atoms. The van der Waals surface area contributed by atoms with Gasteiger partial charge < -0.3 is 18.9 Å². The van der Waals surface area contributed by atoms with Crippen molar-refractivity contribution in [1.29, 1.82) is 0 Å². The molecule has 4 nitrogen and oxygen atoms in total. The predicted molar refractivity (Wildman–Crippen MR) is 128 cm³/mol. The highest BCUT2D eigenvalue weighted by molar-refractivity contribution is 5.37. The Bertz CT molecular complexity index is 758. The first kappa shape index (κ1) is 25.6. The lowest BCUT2D eigenvalue weighted by molar-refractivity contribution is -0.0839. The molecule has 1 aliphatic rings. The van der Waals surface area contributed by atoms with Gasteiger partial charge in [-0.05, 0) is 70.2 Å². The van der Waals surface area contributed by atoms with Crippen LogP contribution in [0.1, 0.15) is 66.4 Å². The fraction of sp³-hybridized carbons (Fsp3) is 0.630. The molecule has 3 atom stereocenters. The van der Waals surface area contributed by atoms with Crippen molar-refractivity contribution in [2.24, 2.45) is 5.92 Å². The van der Waals surface area contributed by atoms with Gasteiger partial charge >= 0.3 is 0 Å². The highest BCUT2D eigenvalue weighted by Gasteiger charge is 2.43. The van der Waals surface area contributed by atoms with Gasteiger partial charge in [-0.25, -0.2) is 0 Å². The molecule has 3 unspecified atom stereocenters. The smallest absolute Gasteiger partial charge is 0.119 e. The molecule has 174 valence electrons. The first-order chi connectivity index (χ1) is 14.6. The minimum absolute atomic E-state index is 0.0711. The van der Waals surface area contributed by atoms with E-state index in [-0.39, 0.29) is 17.6 Å². The maximum atomic E-state index is 6.44. The molecule has 0 saturated heterocycles. The molecule has 0 fully saturated rings. The van der Waals surface area contributed by atoms with Gasteiger partial charge in [0.25, 0.3) is 0 Å². The summed E-state index contributed by atoms with van der Waals surface area (Å²) in [6.45, 7) is 15.9. The molecule has 0 heterocycles. The lowest BCUT2D eigenvalue weighted by atomic mass is 9.74. The van der Waals surface area contributed by atoms with Crippen molar-refractivity contribution in [3.05, 3.63) is 53.1 Å². The second kappa shape index (κ2) is 10.8. The second-order valence-corrected chi connectivity index (χ2v) is 9.58. The van der Waals surface area contributed by atoms with Gasteiger partial charge in [0.15, 0.2) is 0 Å². The second-order valence-electron chi connectivity index (χ2n) is 9.58. The fourth-order valence-corrected chi connectivity index (χ4v) is 3.93. The van der Waals surface area contributed by atoms with E-state index in [1.165, 1.54) is 11.1 Å². The third-order valence-electron chi connectivity index (χ3n) is 6.70. The van der Waals surface area contributed by atoms with Crippen LogP contribution in [0.25, 0.3) is 0 Å². The summed E-state index contributed by atoms with van der Waals surface area (Å²) in [7, 11) is 3.50. The molecule has 1 aliphatic carbocycles. The van der Waals surface area contributed by atoms with Crippen LogP contribution in [0.3, 0.4) is 0 Å². The van der Waals surface area contributed by atoms with Gasteiger partial charge in [-0.1, -0.05) is 43.7 Å². The minimum atomic E-state index is -0.436. The normalized spacial score (nSPS) is 20.8. The maximum Gasteiger partial charge on any atom is 0.119 e. The van der Waals surface area contributed by atoms with Gasteiger partial charge in [-0.3, -0.25) is 0 Å². The van der Waals surface area contributed by atoms with Crippen molar-refractivity contribution in [3.8, 4) is 5.75 Å². The van der Waals surface area contributed by atoms with Gasteiger partial charge in [-0.2, -0.15) is 0 Å². The van der Waals surface area contributed by atoms with Crippen LogP contribution in [0.2, 0.25) is 0 Å². The zero-order valence-corrected chi connectivity index (χ0v) is 21.0. The van der Waals surface area contributed by atoms with E-state index < -0.39 is 5.60 Å². The first-order valence-electron chi connectivity index (χ1n) is 11.4. The van der Waals surface area contributed by atoms with E-state index in [9.17, 15) is 0 Å². The summed E-state index contributed by atoms with van der Waals surface area (Å²) in [6.07, 6.45) is 5.42. The Morgan fingerprint density at radius 2 is 1.61 bits per heavy atom. The van der Waals surface area contributed by atoms with Crippen LogP contribution in [0.4, 0.5) is 0 Å². The van der Waals surface area contributed by atoms with Crippen molar-refractivity contribution >= 4 is 0 Å². The quantitative estimate of drug-likeness (QED) is 0.385. The van der Waals surface area contributed by atoms with Gasteiger partial charge in [0.2, 0.25) is 0 Å². The van der Waals surface area contributed by atoms with Crippen molar-refractivity contribution < 1.29 is 18.9 Å². The molecule has 1 aromatic rings. The third kappa shape index (κ3) is 6.44. The summed E-state index contributed by atoms with van der Waals surface area (Å²) in [6, 6.07) is 8.39. The topological polar surface area (TPSA) is 36.9 Å². The van der Waals surface area contributed by atoms with Crippen molar-refractivity contribution in [1.82, 2.24) is 0 Å². The van der Waals surface area contributed by atoms with E-state index in [2.05, 4.69) is 72.8 Å². The molecule has 0 aliphatic heterocycles. The van der Waals surface area contributed by atoms with Gasteiger partial charge in [0.05, 0.1) is 23.9 Å². The molecule has 2 rings (SSSR count). The van der Waals surface area contributed by atoms with Crippen LogP contribution in [-0.2, 0) is 14.2 Å². The van der Waals surface area contributed by atoms with Crippen LogP contribution < -0.4 is 4.74 Å². The number of hydrogen-bond acceptors (Lipinski definition) is 4. The van der Waals surface area contributed by atoms with Crippen LogP contribution in [0, 0.1) is 5.92 Å². The molecule has 0 spiro atoms. The molecule has 1 aromatic carbocycles. The van der Waals surface area contributed by atoms with Gasteiger partial charge in [0.1, 0.15) is 12.4 Å².